The van der Waals surface area contributed by atoms with Gasteiger partial charge in [0.05, 0.1) is 24.1 Å². The number of benzene rings is 3. The number of hydrogen-bond donors (Lipinski definition) is 0. The molecule has 4 rings (SSSR count). The van der Waals surface area contributed by atoms with Crippen molar-refractivity contribution in [1.82, 2.24) is 4.90 Å². The quantitative estimate of drug-likeness (QED) is 0.404. The molecule has 0 radical (unpaired) electrons. The van der Waals surface area contributed by atoms with Crippen LogP contribution in [0.25, 0.3) is 10.8 Å². The maximum atomic E-state index is 14.2. The first kappa shape index (κ1) is 23.5. The van der Waals surface area contributed by atoms with E-state index < -0.39 is 0 Å². The summed E-state index contributed by atoms with van der Waals surface area (Å²) in [7, 11) is 1.37. The second-order valence-corrected chi connectivity index (χ2v) is 9.23. The van der Waals surface area contributed by atoms with Gasteiger partial charge in [0.15, 0.2) is 0 Å². The van der Waals surface area contributed by atoms with E-state index >= 15 is 0 Å². The molecule has 1 saturated heterocycles. The number of esters is 1. The molecule has 1 aliphatic heterocycles. The number of ether oxygens (including phenoxy) is 1. The predicted octanol–water partition coefficient (Wildman–Crippen LogP) is 6.33. The lowest BCUT2D eigenvalue weighted by Gasteiger charge is -2.34. The van der Waals surface area contributed by atoms with E-state index in [1.807, 2.05) is 13.0 Å². The van der Waals surface area contributed by atoms with Gasteiger partial charge >= 0.3 is 5.97 Å². The van der Waals surface area contributed by atoms with Crippen LogP contribution in [0.1, 0.15) is 45.8 Å². The Bertz CT molecular complexity index is 1240. The average Bonchev–Trinajstić information content (AvgIpc) is 2.79. The number of piperidine rings is 1. The van der Waals surface area contributed by atoms with E-state index in [0.29, 0.717) is 28.7 Å². The zero-order chi connectivity index (χ0) is 23.7. The van der Waals surface area contributed by atoms with Gasteiger partial charge in [-0.15, -0.1) is 0 Å². The lowest BCUT2D eigenvalue weighted by atomic mass is 9.81. The van der Waals surface area contributed by atoms with E-state index in [0.717, 1.165) is 40.3 Å². The third-order valence-corrected chi connectivity index (χ3v) is 6.98. The number of likely N-dealkylation sites (tertiary alicyclic amines) is 1. The van der Waals surface area contributed by atoms with Crippen LogP contribution in [0.5, 0.6) is 0 Å². The molecular weight excluding hydrogens is 464 g/mol. The topological polar surface area (TPSA) is 46.6 Å². The molecule has 0 aliphatic carbocycles. The molecule has 0 bridgehead atoms. The van der Waals surface area contributed by atoms with Crippen molar-refractivity contribution in [2.75, 3.05) is 20.2 Å². The molecule has 3 aromatic carbocycles. The number of methoxy groups -OCH3 is 1. The summed E-state index contributed by atoms with van der Waals surface area (Å²) in [5.74, 6) is -0.599. The lowest BCUT2D eigenvalue weighted by molar-refractivity contribution is -0.139. The van der Waals surface area contributed by atoms with E-state index in [1.54, 1.807) is 35.2 Å². The van der Waals surface area contributed by atoms with E-state index in [9.17, 15) is 14.0 Å². The van der Waals surface area contributed by atoms with Crippen LogP contribution in [-0.4, -0.2) is 37.0 Å². The van der Waals surface area contributed by atoms with E-state index in [4.69, 9.17) is 27.9 Å². The van der Waals surface area contributed by atoms with Gasteiger partial charge < -0.3 is 9.64 Å². The molecule has 1 fully saturated rings. The monoisotopic (exact) mass is 487 g/mol. The van der Waals surface area contributed by atoms with Gasteiger partial charge in [0.2, 0.25) is 0 Å². The molecule has 1 heterocycles. The van der Waals surface area contributed by atoms with Gasteiger partial charge in [-0.2, -0.15) is 0 Å². The molecule has 0 saturated carbocycles. The van der Waals surface area contributed by atoms with Crippen molar-refractivity contribution in [3.63, 3.8) is 0 Å². The molecule has 4 nitrogen and oxygen atoms in total. The molecule has 0 spiro atoms. The second kappa shape index (κ2) is 9.70. The number of amides is 1. The molecule has 1 amide bonds. The van der Waals surface area contributed by atoms with Crippen LogP contribution in [0.4, 0.5) is 4.39 Å². The standard InChI is InChI=1S/C26H24Cl2FNO3/c1-15-18(12-24(31)33-2)11-17-3-5-20(29)14-22(17)25(15)16-7-9-30(10-8-16)26(32)21-6-4-19(27)13-23(21)28/h3-6,11,13-14,16H,7-10,12H2,1-2H3. The first-order valence-electron chi connectivity index (χ1n) is 10.8. The Labute approximate surface area is 202 Å². The van der Waals surface area contributed by atoms with Crippen molar-refractivity contribution in [3.8, 4) is 0 Å². The van der Waals surface area contributed by atoms with Crippen LogP contribution in [0.3, 0.4) is 0 Å². The van der Waals surface area contributed by atoms with Crippen LogP contribution >= 0.6 is 23.2 Å². The highest BCUT2D eigenvalue weighted by molar-refractivity contribution is 6.36. The summed E-state index contributed by atoms with van der Waals surface area (Å²) >= 11 is 12.2. The molecule has 0 aromatic heterocycles. The SMILES string of the molecule is COC(=O)Cc1cc2ccc(F)cc2c(C2CCN(C(=O)c3ccc(Cl)cc3Cl)CC2)c1C. The molecule has 3 aromatic rings. The summed E-state index contributed by atoms with van der Waals surface area (Å²) in [6.07, 6.45) is 1.62. The van der Waals surface area contributed by atoms with Crippen molar-refractivity contribution in [2.45, 2.75) is 32.1 Å². The lowest BCUT2D eigenvalue weighted by Crippen LogP contribution is -2.38. The third-order valence-electron chi connectivity index (χ3n) is 6.44. The molecule has 33 heavy (non-hydrogen) atoms. The maximum Gasteiger partial charge on any atom is 0.309 e. The number of carbonyl (C=O) groups excluding carboxylic acids is 2. The minimum absolute atomic E-state index is 0.123. The number of carbonyl (C=O) groups is 2. The first-order valence-corrected chi connectivity index (χ1v) is 11.6. The molecular formula is C26H24Cl2FNO3. The second-order valence-electron chi connectivity index (χ2n) is 8.38. The summed E-state index contributed by atoms with van der Waals surface area (Å²) in [4.78, 5) is 26.8. The summed E-state index contributed by atoms with van der Waals surface area (Å²) in [6.45, 7) is 3.09. The maximum absolute atomic E-state index is 14.2. The highest BCUT2D eigenvalue weighted by Gasteiger charge is 2.28. The fraction of sp³-hybridized carbons (Fsp3) is 0.308. The summed E-state index contributed by atoms with van der Waals surface area (Å²) in [6, 6.07) is 11.5. The van der Waals surface area contributed by atoms with E-state index in [2.05, 4.69) is 0 Å². The van der Waals surface area contributed by atoms with Gasteiger partial charge in [-0.05, 0) is 83.5 Å². The van der Waals surface area contributed by atoms with Crippen LogP contribution < -0.4 is 0 Å². The normalized spacial score (nSPS) is 14.5. The molecule has 0 unspecified atom stereocenters. The van der Waals surface area contributed by atoms with Gasteiger partial charge in [0.25, 0.3) is 5.91 Å². The van der Waals surface area contributed by atoms with Gasteiger partial charge in [-0.25, -0.2) is 4.39 Å². The Kier molecular flexibility index (Phi) is 6.91. The summed E-state index contributed by atoms with van der Waals surface area (Å²) < 4.78 is 19.0. The van der Waals surface area contributed by atoms with Gasteiger partial charge in [0, 0.05) is 18.1 Å². The highest BCUT2D eigenvalue weighted by atomic mass is 35.5. The average molecular weight is 488 g/mol. The summed E-state index contributed by atoms with van der Waals surface area (Å²) in [5.41, 5.74) is 3.33. The molecule has 1 aliphatic rings. The van der Waals surface area contributed by atoms with Crippen molar-refractivity contribution >= 4 is 45.9 Å². The number of nitrogens with zero attached hydrogens (tertiary/aromatic N) is 1. The third kappa shape index (κ3) is 4.85. The number of halogens is 3. The largest absolute Gasteiger partial charge is 0.469 e. The number of fused-ring (bicyclic) bond motifs is 1. The Balaban J connectivity index is 1.63. The molecule has 0 atom stereocenters. The Hall–Kier alpha value is -2.63. The van der Waals surface area contributed by atoms with E-state index in [1.165, 1.54) is 13.2 Å². The minimum atomic E-state index is -0.314. The minimum Gasteiger partial charge on any atom is -0.469 e. The van der Waals surface area contributed by atoms with Crippen LogP contribution in [0.2, 0.25) is 10.0 Å². The van der Waals surface area contributed by atoms with Crippen LogP contribution in [0, 0.1) is 12.7 Å². The van der Waals surface area contributed by atoms with Gasteiger partial charge in [-0.3, -0.25) is 9.59 Å². The van der Waals surface area contributed by atoms with Crippen LogP contribution in [0.15, 0.2) is 42.5 Å². The highest BCUT2D eigenvalue weighted by Crippen LogP contribution is 2.38. The van der Waals surface area contributed by atoms with E-state index in [-0.39, 0.29) is 30.0 Å². The first-order chi connectivity index (χ1) is 15.8. The molecule has 7 heteroatoms. The van der Waals surface area contributed by atoms with Crippen molar-refractivity contribution < 1.29 is 18.7 Å². The van der Waals surface area contributed by atoms with Gasteiger partial charge in [-0.1, -0.05) is 35.3 Å². The predicted molar refractivity (Wildman–Crippen MR) is 129 cm³/mol. The summed E-state index contributed by atoms with van der Waals surface area (Å²) in [5, 5.41) is 2.56. The van der Waals surface area contributed by atoms with Gasteiger partial charge in [0.1, 0.15) is 5.82 Å². The fourth-order valence-electron chi connectivity index (χ4n) is 4.70. The number of hydrogen-bond acceptors (Lipinski definition) is 3. The Morgan fingerprint density at radius 1 is 1.09 bits per heavy atom. The molecule has 0 N–H and O–H groups in total. The zero-order valence-electron chi connectivity index (χ0n) is 18.5. The van der Waals surface area contributed by atoms with Crippen molar-refractivity contribution in [2.24, 2.45) is 0 Å². The molecule has 172 valence electrons. The number of rotatable bonds is 4. The van der Waals surface area contributed by atoms with Crippen LogP contribution in [-0.2, 0) is 16.0 Å². The zero-order valence-corrected chi connectivity index (χ0v) is 20.0. The van der Waals surface area contributed by atoms with Crippen molar-refractivity contribution in [3.05, 3.63) is 80.6 Å². The smallest absolute Gasteiger partial charge is 0.309 e. The fourth-order valence-corrected chi connectivity index (χ4v) is 5.19. The Morgan fingerprint density at radius 2 is 1.82 bits per heavy atom. The van der Waals surface area contributed by atoms with Crippen molar-refractivity contribution in [1.29, 1.82) is 0 Å². The Morgan fingerprint density at radius 3 is 2.48 bits per heavy atom.